The molecule has 0 amide bonds. The number of halogens is 3. The third-order valence-electron chi connectivity index (χ3n) is 6.69. The van der Waals surface area contributed by atoms with E-state index in [-0.39, 0.29) is 0 Å². The molecule has 0 saturated carbocycles. The maximum absolute atomic E-state index is 13.1. The van der Waals surface area contributed by atoms with Crippen molar-refractivity contribution in [2.45, 2.75) is 46.0 Å². The largest absolute Gasteiger partial charge is 0.434 e. The van der Waals surface area contributed by atoms with Gasteiger partial charge in [-0.15, -0.1) is 0 Å². The molecule has 0 saturated heterocycles. The number of rotatable bonds is 4. The Kier molecular flexibility index (Phi) is 5.69. The predicted octanol–water partition coefficient (Wildman–Crippen LogP) is 6.42. The van der Waals surface area contributed by atoms with E-state index in [0.717, 1.165) is 36.5 Å². The smallest absolute Gasteiger partial charge is 0.364 e. The van der Waals surface area contributed by atoms with Crippen LogP contribution in [-0.4, -0.2) is 25.6 Å². The normalized spacial score (nSPS) is 14.0. The van der Waals surface area contributed by atoms with E-state index in [1.165, 1.54) is 21.4 Å². The van der Waals surface area contributed by atoms with Gasteiger partial charge in [-0.05, 0) is 42.7 Å². The van der Waals surface area contributed by atoms with E-state index in [9.17, 15) is 13.2 Å². The number of nitrogens with zero attached hydrogens (tertiary/aromatic N) is 5. The van der Waals surface area contributed by atoms with Crippen LogP contribution in [0.5, 0.6) is 0 Å². The lowest BCUT2D eigenvalue weighted by Gasteiger charge is -2.31. The summed E-state index contributed by atoms with van der Waals surface area (Å²) in [5, 5.41) is 0. The highest BCUT2D eigenvalue weighted by atomic mass is 19.4. The number of imidazole rings is 2. The molecule has 35 heavy (non-hydrogen) atoms. The fourth-order valence-electron chi connectivity index (χ4n) is 4.89. The zero-order chi connectivity index (χ0) is 24.9. The topological polar surface area (TPSA) is 38.9 Å². The summed E-state index contributed by atoms with van der Waals surface area (Å²) >= 11 is 0. The first-order valence-electron chi connectivity index (χ1n) is 11.7. The summed E-state index contributed by atoms with van der Waals surface area (Å²) in [7, 11) is 1.58. The summed E-state index contributed by atoms with van der Waals surface area (Å²) in [5.41, 5.74) is 5.46. The molecule has 1 aliphatic rings. The van der Waals surface area contributed by atoms with Gasteiger partial charge in [0.1, 0.15) is 11.6 Å². The van der Waals surface area contributed by atoms with Crippen LogP contribution in [0.25, 0.3) is 22.6 Å². The second kappa shape index (κ2) is 8.59. The summed E-state index contributed by atoms with van der Waals surface area (Å²) in [6.45, 7) is 8.81. The molecule has 8 heteroatoms. The molecule has 0 spiro atoms. The van der Waals surface area contributed by atoms with Gasteiger partial charge in [0, 0.05) is 43.1 Å². The zero-order valence-electron chi connectivity index (χ0n) is 20.3. The lowest BCUT2D eigenvalue weighted by Crippen LogP contribution is -2.34. The van der Waals surface area contributed by atoms with Crippen molar-refractivity contribution in [1.29, 1.82) is 0 Å². The average molecular weight is 480 g/mol. The first kappa shape index (κ1) is 23.2. The van der Waals surface area contributed by atoms with Crippen LogP contribution in [0.15, 0.2) is 54.7 Å². The molecule has 3 heterocycles. The molecule has 0 N–H and O–H groups in total. The monoisotopic (exact) mass is 479 g/mol. The number of hydrogen-bond donors (Lipinski definition) is 0. The number of anilines is 1. The zero-order valence-corrected chi connectivity index (χ0v) is 20.3. The summed E-state index contributed by atoms with van der Waals surface area (Å²) in [6.07, 6.45) is -3.44. The molecule has 2 aromatic heterocycles. The number of aryl methyl sites for hydroxylation is 2. The van der Waals surface area contributed by atoms with E-state index in [1.54, 1.807) is 7.05 Å². The Bertz CT molecular complexity index is 1360. The second-order valence-corrected chi connectivity index (χ2v) is 9.37. The Labute approximate surface area is 202 Å². The average Bonchev–Trinajstić information content (AvgIpc) is 3.39. The van der Waals surface area contributed by atoms with Gasteiger partial charge in [0.25, 0.3) is 0 Å². The van der Waals surface area contributed by atoms with Gasteiger partial charge in [-0.1, -0.05) is 38.1 Å². The Hall–Kier alpha value is -3.55. The molecule has 0 bridgehead atoms. The summed E-state index contributed by atoms with van der Waals surface area (Å²) in [4.78, 5) is 11.1. The van der Waals surface area contributed by atoms with Crippen molar-refractivity contribution >= 4 is 5.69 Å². The maximum Gasteiger partial charge on any atom is 0.434 e. The lowest BCUT2D eigenvalue weighted by atomic mass is 9.94. The molecule has 0 atom stereocenters. The van der Waals surface area contributed by atoms with Crippen molar-refractivity contribution < 1.29 is 13.2 Å². The molecule has 0 unspecified atom stereocenters. The van der Waals surface area contributed by atoms with Gasteiger partial charge in [0.05, 0.1) is 17.9 Å². The molecule has 5 nitrogen and oxygen atoms in total. The van der Waals surface area contributed by atoms with Crippen molar-refractivity contribution in [3.63, 3.8) is 0 Å². The van der Waals surface area contributed by atoms with Crippen LogP contribution in [-0.2, 0) is 26.3 Å². The quantitative estimate of drug-likeness (QED) is 0.339. The highest BCUT2D eigenvalue weighted by Gasteiger charge is 2.34. The van der Waals surface area contributed by atoms with Crippen molar-refractivity contribution in [1.82, 2.24) is 19.1 Å². The molecule has 0 radical (unpaired) electrons. The molecule has 2 aromatic carbocycles. The van der Waals surface area contributed by atoms with Gasteiger partial charge in [-0.2, -0.15) is 13.2 Å². The van der Waals surface area contributed by atoms with E-state index in [0.29, 0.717) is 23.9 Å². The van der Waals surface area contributed by atoms with Gasteiger partial charge >= 0.3 is 6.18 Å². The van der Waals surface area contributed by atoms with Crippen molar-refractivity contribution in [2.75, 3.05) is 11.4 Å². The van der Waals surface area contributed by atoms with Gasteiger partial charge in [0.2, 0.25) is 0 Å². The number of benzene rings is 2. The molecular formula is C27H28F3N5. The van der Waals surface area contributed by atoms with E-state index >= 15 is 0 Å². The van der Waals surface area contributed by atoms with E-state index < -0.39 is 11.9 Å². The van der Waals surface area contributed by atoms with Crippen molar-refractivity contribution in [2.24, 2.45) is 7.05 Å². The SMILES string of the molecule is Cc1nc(-c2ccccc2C(C)C)c2n1CCN(c1ccc(-c3nc(C(F)(F)F)cn3C)cc1)C2. The highest BCUT2D eigenvalue weighted by molar-refractivity contribution is 5.69. The highest BCUT2D eigenvalue weighted by Crippen LogP contribution is 2.35. The summed E-state index contributed by atoms with van der Waals surface area (Å²) < 4.78 is 42.9. The Morgan fingerprint density at radius 1 is 0.943 bits per heavy atom. The Morgan fingerprint density at radius 2 is 1.66 bits per heavy atom. The molecule has 0 fully saturated rings. The van der Waals surface area contributed by atoms with Crippen molar-refractivity contribution in [3.8, 4) is 22.6 Å². The molecule has 1 aliphatic heterocycles. The van der Waals surface area contributed by atoms with Crippen LogP contribution in [0.4, 0.5) is 18.9 Å². The minimum atomic E-state index is -4.46. The van der Waals surface area contributed by atoms with Gasteiger partial charge in [0.15, 0.2) is 5.69 Å². The van der Waals surface area contributed by atoms with Gasteiger partial charge in [-0.25, -0.2) is 9.97 Å². The third kappa shape index (κ3) is 4.22. The molecular weight excluding hydrogens is 451 g/mol. The number of hydrogen-bond acceptors (Lipinski definition) is 3. The first-order valence-corrected chi connectivity index (χ1v) is 11.7. The lowest BCUT2D eigenvalue weighted by molar-refractivity contribution is -0.140. The fraction of sp³-hybridized carbons (Fsp3) is 0.333. The van der Waals surface area contributed by atoms with Crippen LogP contribution in [0, 0.1) is 6.92 Å². The summed E-state index contributed by atoms with van der Waals surface area (Å²) in [6, 6.07) is 16.0. The van der Waals surface area contributed by atoms with E-state index in [2.05, 4.69) is 59.5 Å². The van der Waals surface area contributed by atoms with Crippen LogP contribution < -0.4 is 4.90 Å². The molecule has 0 aliphatic carbocycles. The van der Waals surface area contributed by atoms with E-state index in [1.807, 2.05) is 24.3 Å². The summed E-state index contributed by atoms with van der Waals surface area (Å²) in [5.74, 6) is 1.70. The number of alkyl halides is 3. The Balaban J connectivity index is 1.44. The van der Waals surface area contributed by atoms with Crippen molar-refractivity contribution in [3.05, 3.63) is 77.5 Å². The van der Waals surface area contributed by atoms with Crippen LogP contribution >= 0.6 is 0 Å². The number of aromatic nitrogens is 4. The van der Waals surface area contributed by atoms with Gasteiger partial charge < -0.3 is 14.0 Å². The fourth-order valence-corrected chi connectivity index (χ4v) is 4.89. The van der Waals surface area contributed by atoms with E-state index in [4.69, 9.17) is 4.98 Å². The second-order valence-electron chi connectivity index (χ2n) is 9.37. The van der Waals surface area contributed by atoms with Crippen LogP contribution in [0.1, 0.15) is 42.5 Å². The minimum Gasteiger partial charge on any atom is -0.364 e. The first-order chi connectivity index (χ1) is 16.6. The third-order valence-corrected chi connectivity index (χ3v) is 6.69. The van der Waals surface area contributed by atoms with Crippen LogP contribution in [0.3, 0.4) is 0 Å². The number of fused-ring (bicyclic) bond motifs is 1. The minimum absolute atomic E-state index is 0.295. The molecule has 182 valence electrons. The Morgan fingerprint density at radius 3 is 2.31 bits per heavy atom. The van der Waals surface area contributed by atoms with Gasteiger partial charge in [-0.3, -0.25) is 0 Å². The predicted molar refractivity (Wildman–Crippen MR) is 131 cm³/mol. The standard InChI is InChI=1S/C27H28F3N5/c1-17(2)21-7-5-6-8-22(21)25-23-15-34(13-14-35(23)18(3)31-25)20-11-9-19(10-12-20)26-32-24(16-33(26)4)27(28,29)30/h5-12,16-17H,13-15H2,1-4H3. The molecule has 4 aromatic rings. The molecule has 5 rings (SSSR count). The van der Waals surface area contributed by atoms with Crippen LogP contribution in [0.2, 0.25) is 0 Å². The maximum atomic E-state index is 13.1.